The number of phenolic OH excluding ortho intramolecular Hbond substituents is 1. The number of para-hydroxylation sites is 1. The molecule has 0 saturated carbocycles. The third-order valence-electron chi connectivity index (χ3n) is 6.81. The van der Waals surface area contributed by atoms with Crippen molar-refractivity contribution in [1.29, 1.82) is 0 Å². The fourth-order valence-corrected chi connectivity index (χ4v) is 5.10. The molecule has 4 aromatic rings. The highest BCUT2D eigenvalue weighted by Gasteiger charge is 2.28. The van der Waals surface area contributed by atoms with Crippen LogP contribution in [0.4, 0.5) is 0 Å². The number of fused-ring (bicyclic) bond motifs is 2. The predicted octanol–water partition coefficient (Wildman–Crippen LogP) is 4.45. The number of aromatic hydroxyl groups is 1. The van der Waals surface area contributed by atoms with Crippen LogP contribution in [0.5, 0.6) is 11.5 Å². The minimum atomic E-state index is -0.662. The molecule has 198 valence electrons. The number of piperidine rings is 1. The van der Waals surface area contributed by atoms with Gasteiger partial charge >= 0.3 is 17.2 Å². The summed E-state index contributed by atoms with van der Waals surface area (Å²) in [5.74, 6) is -0.0696. The first-order valence-corrected chi connectivity index (χ1v) is 12.8. The molecule has 1 fully saturated rings. The van der Waals surface area contributed by atoms with Gasteiger partial charge in [0.15, 0.2) is 11.3 Å². The molecule has 9 heteroatoms. The molecule has 38 heavy (non-hydrogen) atoms. The number of rotatable bonds is 7. The average Bonchev–Trinajstić information content (AvgIpc) is 2.90. The van der Waals surface area contributed by atoms with Crippen molar-refractivity contribution < 1.29 is 28.2 Å². The van der Waals surface area contributed by atoms with E-state index in [4.69, 9.17) is 18.3 Å². The molecule has 1 aliphatic heterocycles. The largest absolute Gasteiger partial charge is 0.507 e. The number of ether oxygens (including phenoxy) is 2. The van der Waals surface area contributed by atoms with E-state index in [1.807, 2.05) is 11.8 Å². The van der Waals surface area contributed by atoms with E-state index < -0.39 is 11.3 Å². The van der Waals surface area contributed by atoms with Gasteiger partial charge in [-0.25, -0.2) is 9.59 Å². The molecule has 0 radical (unpaired) electrons. The van der Waals surface area contributed by atoms with Crippen LogP contribution >= 0.6 is 0 Å². The summed E-state index contributed by atoms with van der Waals surface area (Å²) >= 11 is 0. The van der Waals surface area contributed by atoms with Gasteiger partial charge in [0.1, 0.15) is 11.3 Å². The number of nitrogens with zero attached hydrogens (tertiary/aromatic N) is 1. The highest BCUT2D eigenvalue weighted by Crippen LogP contribution is 2.35. The van der Waals surface area contributed by atoms with Gasteiger partial charge in [0.25, 0.3) is 0 Å². The Labute approximate surface area is 218 Å². The molecule has 2 aromatic heterocycles. The number of likely N-dealkylation sites (tertiary alicyclic amines) is 1. The Balaban J connectivity index is 1.58. The average molecular weight is 520 g/mol. The number of carbonyl (C=O) groups is 1. The second-order valence-corrected chi connectivity index (χ2v) is 9.30. The highest BCUT2D eigenvalue weighted by molar-refractivity contribution is 5.97. The van der Waals surface area contributed by atoms with Crippen LogP contribution in [0.2, 0.25) is 0 Å². The Bertz CT molecular complexity index is 1620. The molecule has 1 saturated heterocycles. The Morgan fingerprint density at radius 3 is 2.68 bits per heavy atom. The zero-order valence-electron chi connectivity index (χ0n) is 21.3. The first-order valence-electron chi connectivity index (χ1n) is 12.8. The van der Waals surface area contributed by atoms with E-state index in [2.05, 4.69) is 0 Å². The summed E-state index contributed by atoms with van der Waals surface area (Å²) in [6, 6.07) is 11.4. The van der Waals surface area contributed by atoms with E-state index in [9.17, 15) is 19.5 Å². The quantitative estimate of drug-likeness (QED) is 0.279. The van der Waals surface area contributed by atoms with Crippen LogP contribution in [0, 0.1) is 5.92 Å². The maximum atomic E-state index is 13.1. The molecular weight excluding hydrogens is 490 g/mol. The summed E-state index contributed by atoms with van der Waals surface area (Å²) in [5, 5.41) is 11.9. The number of phenols is 1. The molecule has 1 atom stereocenters. The monoisotopic (exact) mass is 519 g/mol. The topological polar surface area (TPSA) is 119 Å². The fourth-order valence-electron chi connectivity index (χ4n) is 5.10. The zero-order valence-corrected chi connectivity index (χ0v) is 21.3. The summed E-state index contributed by atoms with van der Waals surface area (Å²) in [6.45, 7) is 5.80. The van der Waals surface area contributed by atoms with Gasteiger partial charge < -0.3 is 23.4 Å². The van der Waals surface area contributed by atoms with Crippen LogP contribution < -0.4 is 16.0 Å². The normalized spacial score (nSPS) is 16.1. The smallest absolute Gasteiger partial charge is 0.344 e. The van der Waals surface area contributed by atoms with E-state index in [0.717, 1.165) is 12.8 Å². The van der Waals surface area contributed by atoms with Crippen molar-refractivity contribution in [2.45, 2.75) is 33.2 Å². The van der Waals surface area contributed by atoms with E-state index in [-0.39, 0.29) is 35.3 Å². The van der Waals surface area contributed by atoms with Gasteiger partial charge in [-0.3, -0.25) is 9.69 Å². The number of hydrogen-bond donors (Lipinski definition) is 1. The third kappa shape index (κ3) is 4.89. The van der Waals surface area contributed by atoms with Crippen LogP contribution in [-0.4, -0.2) is 42.3 Å². The lowest BCUT2D eigenvalue weighted by Gasteiger charge is -2.31. The van der Waals surface area contributed by atoms with Crippen molar-refractivity contribution in [3.8, 4) is 22.6 Å². The van der Waals surface area contributed by atoms with E-state index in [0.29, 0.717) is 59.5 Å². The lowest BCUT2D eigenvalue weighted by Crippen LogP contribution is -2.39. The maximum absolute atomic E-state index is 13.1. The summed E-state index contributed by atoms with van der Waals surface area (Å²) in [5.41, 5.74) is 0.182. The fraction of sp³-hybridized carbons (Fsp3) is 0.345. The van der Waals surface area contributed by atoms with Crippen molar-refractivity contribution in [3.63, 3.8) is 0 Å². The summed E-state index contributed by atoms with van der Waals surface area (Å²) in [7, 11) is 0. The molecule has 9 nitrogen and oxygen atoms in total. The van der Waals surface area contributed by atoms with E-state index in [1.165, 1.54) is 12.1 Å². The lowest BCUT2D eigenvalue weighted by atomic mass is 9.96. The van der Waals surface area contributed by atoms with Gasteiger partial charge in [0.2, 0.25) is 0 Å². The van der Waals surface area contributed by atoms with Crippen LogP contribution in [0.25, 0.3) is 33.1 Å². The van der Waals surface area contributed by atoms with E-state index in [1.54, 1.807) is 37.3 Å². The SMILES string of the molecule is CCOC(=O)C1CCCN(Cc2c(O)ccc3c(-c4cc5cccc(OCC)c5oc4=O)cc(=O)oc23)C1. The summed E-state index contributed by atoms with van der Waals surface area (Å²) < 4.78 is 22.0. The number of hydrogen-bond acceptors (Lipinski definition) is 9. The molecule has 0 amide bonds. The Morgan fingerprint density at radius 1 is 1.05 bits per heavy atom. The van der Waals surface area contributed by atoms with Crippen molar-refractivity contribution in [3.05, 3.63) is 68.9 Å². The Hall–Kier alpha value is -4.11. The Kier molecular flexibility index (Phi) is 7.20. The lowest BCUT2D eigenvalue weighted by molar-refractivity contribution is -0.150. The number of carbonyl (C=O) groups excluding carboxylic acids is 1. The molecule has 1 unspecified atom stereocenters. The van der Waals surface area contributed by atoms with Gasteiger partial charge in [0, 0.05) is 35.5 Å². The maximum Gasteiger partial charge on any atom is 0.344 e. The standard InChI is InChI=1S/C29H29NO8/c1-3-35-24-9-5-7-17-13-21(29(34)38-26(17)24)20-14-25(32)37-27-19(20)10-11-23(31)22(27)16-30-12-6-8-18(15-30)28(33)36-4-2/h5,7,9-11,13-14,18,31H,3-4,6,8,12,15-16H2,1-2H3. The van der Waals surface area contributed by atoms with Gasteiger partial charge in [0.05, 0.1) is 30.3 Å². The number of esters is 1. The third-order valence-corrected chi connectivity index (χ3v) is 6.81. The van der Waals surface area contributed by atoms with Crippen molar-refractivity contribution in [2.24, 2.45) is 5.92 Å². The molecule has 5 rings (SSSR count). The van der Waals surface area contributed by atoms with Crippen molar-refractivity contribution in [1.82, 2.24) is 4.90 Å². The van der Waals surface area contributed by atoms with Crippen molar-refractivity contribution in [2.75, 3.05) is 26.3 Å². The predicted molar refractivity (Wildman–Crippen MR) is 141 cm³/mol. The van der Waals surface area contributed by atoms with Gasteiger partial charge in [-0.05, 0) is 57.5 Å². The zero-order chi connectivity index (χ0) is 26.8. The molecule has 1 N–H and O–H groups in total. The first-order chi connectivity index (χ1) is 18.4. The Morgan fingerprint density at radius 2 is 1.89 bits per heavy atom. The first kappa shape index (κ1) is 25.5. The van der Waals surface area contributed by atoms with Gasteiger partial charge in [-0.1, -0.05) is 12.1 Å². The van der Waals surface area contributed by atoms with E-state index >= 15 is 0 Å². The van der Waals surface area contributed by atoms with Gasteiger partial charge in [-0.15, -0.1) is 0 Å². The van der Waals surface area contributed by atoms with Crippen LogP contribution in [0.1, 0.15) is 32.3 Å². The molecule has 0 spiro atoms. The molecular formula is C29H29NO8. The summed E-state index contributed by atoms with van der Waals surface area (Å²) in [6.07, 6.45) is 1.53. The van der Waals surface area contributed by atoms with Gasteiger partial charge in [-0.2, -0.15) is 0 Å². The van der Waals surface area contributed by atoms with Crippen LogP contribution in [0.3, 0.4) is 0 Å². The molecule has 0 bridgehead atoms. The van der Waals surface area contributed by atoms with Crippen LogP contribution in [-0.2, 0) is 16.1 Å². The molecule has 0 aliphatic carbocycles. The second kappa shape index (κ2) is 10.7. The highest BCUT2D eigenvalue weighted by atomic mass is 16.5. The minimum absolute atomic E-state index is 0.0389. The molecule has 1 aliphatic rings. The molecule has 3 heterocycles. The second-order valence-electron chi connectivity index (χ2n) is 9.30. The van der Waals surface area contributed by atoms with Crippen LogP contribution in [0.15, 0.2) is 60.9 Å². The van der Waals surface area contributed by atoms with Crippen molar-refractivity contribution >= 4 is 27.9 Å². The summed E-state index contributed by atoms with van der Waals surface area (Å²) in [4.78, 5) is 40.1. The minimum Gasteiger partial charge on any atom is -0.507 e. The number of benzene rings is 2. The molecule has 2 aromatic carbocycles.